The van der Waals surface area contributed by atoms with Crippen LogP contribution in [0.5, 0.6) is 0 Å². The van der Waals surface area contributed by atoms with Crippen molar-refractivity contribution in [3.05, 3.63) is 71.8 Å². The maximum absolute atomic E-state index is 13.9. The fraction of sp³-hybridized carbons (Fsp3) is 0.143. The van der Waals surface area contributed by atoms with Crippen molar-refractivity contribution >= 4 is 23.1 Å². The largest absolute Gasteiger partial charge is 2.00 e. The zero-order chi connectivity index (χ0) is 13.2. The van der Waals surface area contributed by atoms with Gasteiger partial charge < -0.3 is 17.0 Å². The number of benzene rings is 2. The van der Waals surface area contributed by atoms with Gasteiger partial charge in [-0.3, -0.25) is 0 Å². The molecular weight excluding hydrogens is 348 g/mol. The van der Waals surface area contributed by atoms with Gasteiger partial charge in [-0.2, -0.15) is 39.1 Å². The van der Waals surface area contributed by atoms with E-state index in [0.29, 0.717) is 0 Å². The second-order valence-electron chi connectivity index (χ2n) is 3.81. The van der Waals surface area contributed by atoms with Crippen LogP contribution in [-0.2, 0) is 11.8 Å². The van der Waals surface area contributed by atoms with E-state index in [4.69, 9.17) is 0 Å². The van der Waals surface area contributed by atoms with Gasteiger partial charge in [0, 0.05) is 5.56 Å². The first-order chi connectivity index (χ1) is 8.46. The summed E-state index contributed by atoms with van der Waals surface area (Å²) in [6.07, 6.45) is 0. The van der Waals surface area contributed by atoms with E-state index in [-0.39, 0.29) is 40.0 Å². The zero-order valence-corrected chi connectivity index (χ0v) is 13.3. The second kappa shape index (κ2) is 7.42. The van der Waals surface area contributed by atoms with E-state index in [2.05, 4.69) is 6.07 Å². The van der Waals surface area contributed by atoms with Crippen molar-refractivity contribution in [3.63, 3.8) is 0 Å². The van der Waals surface area contributed by atoms with Crippen LogP contribution in [0.3, 0.4) is 0 Å². The summed E-state index contributed by atoms with van der Waals surface area (Å²) in [6.45, 7) is 0. The van der Waals surface area contributed by atoms with Crippen molar-refractivity contribution in [1.29, 1.82) is 0 Å². The molecule has 0 nitrogen and oxygen atoms in total. The maximum atomic E-state index is 13.9. The molecule has 0 saturated heterocycles. The Morgan fingerprint density at radius 1 is 0.750 bits per heavy atom. The Morgan fingerprint density at radius 3 is 1.75 bits per heavy atom. The van der Waals surface area contributed by atoms with Crippen LogP contribution >= 0.6 is 0 Å². The SMILES string of the molecule is FC(F)(c1c[c-]ccc1)C(F)(F)c1ccccc1.[Br-].[Mg+2]. The van der Waals surface area contributed by atoms with Crippen LogP contribution in [0.25, 0.3) is 0 Å². The molecule has 0 amide bonds. The van der Waals surface area contributed by atoms with Gasteiger partial charge in [0.25, 0.3) is 5.92 Å². The normalized spacial score (nSPS) is 11.2. The van der Waals surface area contributed by atoms with Crippen LogP contribution in [0, 0.1) is 6.07 Å². The summed E-state index contributed by atoms with van der Waals surface area (Å²) >= 11 is 0. The number of alkyl halides is 4. The number of halogens is 5. The molecule has 0 aliphatic heterocycles. The fourth-order valence-electron chi connectivity index (χ4n) is 1.60. The summed E-state index contributed by atoms with van der Waals surface area (Å²) in [5, 5.41) is 0. The molecule has 6 heteroatoms. The van der Waals surface area contributed by atoms with Crippen LogP contribution < -0.4 is 17.0 Å². The van der Waals surface area contributed by atoms with Gasteiger partial charge in [-0.25, -0.2) is 8.78 Å². The number of rotatable bonds is 3. The van der Waals surface area contributed by atoms with Crippen LogP contribution in [0.2, 0.25) is 0 Å². The molecule has 2 rings (SSSR count). The van der Waals surface area contributed by atoms with E-state index in [1.54, 1.807) is 0 Å². The minimum atomic E-state index is -4.27. The smallest absolute Gasteiger partial charge is 1.00 e. The van der Waals surface area contributed by atoms with Crippen LogP contribution in [0.1, 0.15) is 11.1 Å². The van der Waals surface area contributed by atoms with Crippen molar-refractivity contribution in [2.45, 2.75) is 11.8 Å². The average Bonchev–Trinajstić information content (AvgIpc) is 2.40. The molecule has 20 heavy (non-hydrogen) atoms. The molecule has 0 atom stereocenters. The summed E-state index contributed by atoms with van der Waals surface area (Å²) in [5.74, 6) is -8.53. The summed E-state index contributed by atoms with van der Waals surface area (Å²) < 4.78 is 55.4. The Balaban J connectivity index is 0.00000180. The van der Waals surface area contributed by atoms with E-state index in [9.17, 15) is 17.6 Å². The van der Waals surface area contributed by atoms with E-state index >= 15 is 0 Å². The predicted octanol–water partition coefficient (Wildman–Crippen LogP) is 0.994. The molecular formula is C14H9BrF4Mg. The first kappa shape index (κ1) is 19.4. The Hall–Kier alpha value is -0.594. The van der Waals surface area contributed by atoms with Gasteiger partial charge in [0.15, 0.2) is 0 Å². The first-order valence-electron chi connectivity index (χ1n) is 5.24. The summed E-state index contributed by atoms with van der Waals surface area (Å²) in [7, 11) is 0. The van der Waals surface area contributed by atoms with Crippen molar-refractivity contribution < 1.29 is 34.5 Å². The molecule has 0 radical (unpaired) electrons. The number of hydrogen-bond acceptors (Lipinski definition) is 0. The fourth-order valence-corrected chi connectivity index (χ4v) is 1.60. The zero-order valence-electron chi connectivity index (χ0n) is 10.3. The molecule has 0 aromatic heterocycles. The van der Waals surface area contributed by atoms with Gasteiger partial charge in [0.1, 0.15) is 0 Å². The maximum Gasteiger partial charge on any atom is 2.00 e. The third-order valence-electron chi connectivity index (χ3n) is 2.60. The summed E-state index contributed by atoms with van der Waals surface area (Å²) in [5.41, 5.74) is -1.46. The second-order valence-corrected chi connectivity index (χ2v) is 3.81. The molecule has 0 fully saturated rings. The third kappa shape index (κ3) is 3.53. The average molecular weight is 357 g/mol. The Bertz CT molecular complexity index is 468. The Morgan fingerprint density at radius 2 is 1.25 bits per heavy atom. The quantitative estimate of drug-likeness (QED) is 0.437. The monoisotopic (exact) mass is 356 g/mol. The predicted molar refractivity (Wildman–Crippen MR) is 65.3 cm³/mol. The Kier molecular flexibility index (Phi) is 7.20. The van der Waals surface area contributed by atoms with Gasteiger partial charge in [-0.1, -0.05) is 35.9 Å². The molecule has 0 heterocycles. The van der Waals surface area contributed by atoms with Crippen molar-refractivity contribution in [2.75, 3.05) is 0 Å². The van der Waals surface area contributed by atoms with Crippen molar-refractivity contribution in [2.24, 2.45) is 0 Å². The summed E-state index contributed by atoms with van der Waals surface area (Å²) in [4.78, 5) is 0. The van der Waals surface area contributed by atoms with Gasteiger partial charge in [0.05, 0.1) is 0 Å². The molecule has 0 aliphatic carbocycles. The van der Waals surface area contributed by atoms with Crippen molar-refractivity contribution in [3.8, 4) is 0 Å². The van der Waals surface area contributed by atoms with Gasteiger partial charge in [0.2, 0.25) is 0 Å². The number of hydrogen-bond donors (Lipinski definition) is 0. The van der Waals surface area contributed by atoms with E-state index < -0.39 is 23.0 Å². The third-order valence-corrected chi connectivity index (χ3v) is 2.60. The van der Waals surface area contributed by atoms with Gasteiger partial charge in [-0.05, 0) is 0 Å². The molecule has 0 N–H and O–H groups in total. The minimum absolute atomic E-state index is 0. The molecule has 0 aliphatic rings. The topological polar surface area (TPSA) is 0 Å². The summed E-state index contributed by atoms with van der Waals surface area (Å²) in [6, 6.07) is 12.9. The van der Waals surface area contributed by atoms with E-state index in [1.807, 2.05) is 0 Å². The molecule has 0 saturated carbocycles. The van der Waals surface area contributed by atoms with Crippen molar-refractivity contribution in [1.82, 2.24) is 0 Å². The van der Waals surface area contributed by atoms with Crippen LogP contribution in [-0.4, -0.2) is 23.1 Å². The Labute approximate surface area is 141 Å². The van der Waals surface area contributed by atoms with Crippen LogP contribution in [0.15, 0.2) is 54.6 Å². The van der Waals surface area contributed by atoms with Gasteiger partial charge >= 0.3 is 29.0 Å². The molecule has 2 aromatic rings. The standard InChI is InChI=1S/C14H9F4.BrH.Mg/c15-13(16,11-7-3-1-4-8-11)14(17,18)12-9-5-2-6-10-12;;/h1-5,7-10H;1H;/q-1;;+2/p-1. The van der Waals surface area contributed by atoms with Gasteiger partial charge in [-0.15, -0.1) is 0 Å². The minimum Gasteiger partial charge on any atom is -1.00 e. The molecule has 0 spiro atoms. The molecule has 0 unspecified atom stereocenters. The molecule has 102 valence electrons. The van der Waals surface area contributed by atoms with E-state index in [0.717, 1.165) is 24.3 Å². The van der Waals surface area contributed by atoms with Crippen LogP contribution in [0.4, 0.5) is 17.6 Å². The molecule has 0 bridgehead atoms. The first-order valence-corrected chi connectivity index (χ1v) is 5.24. The molecule has 2 aromatic carbocycles. The van der Waals surface area contributed by atoms with E-state index in [1.165, 1.54) is 30.3 Å².